The third-order valence-corrected chi connectivity index (χ3v) is 3.91. The lowest BCUT2D eigenvalue weighted by atomic mass is 9.94. The summed E-state index contributed by atoms with van der Waals surface area (Å²) in [4.78, 5) is 11.9. The van der Waals surface area contributed by atoms with E-state index >= 15 is 0 Å². The lowest BCUT2D eigenvalue weighted by molar-refractivity contribution is -0.124. The third-order valence-electron chi connectivity index (χ3n) is 3.27. The third kappa shape index (κ3) is 3.37. The molecule has 1 rings (SSSR count). The molecule has 0 bridgehead atoms. The number of hydrogen-bond acceptors (Lipinski definition) is 4. The zero-order valence-corrected chi connectivity index (χ0v) is 11.1. The van der Waals surface area contributed by atoms with Crippen LogP contribution in [0.15, 0.2) is 0 Å². The summed E-state index contributed by atoms with van der Waals surface area (Å²) in [7, 11) is 0. The van der Waals surface area contributed by atoms with E-state index < -0.39 is 6.04 Å². The van der Waals surface area contributed by atoms with E-state index in [-0.39, 0.29) is 17.6 Å². The van der Waals surface area contributed by atoms with Gasteiger partial charge in [0.05, 0.1) is 17.7 Å². The van der Waals surface area contributed by atoms with Crippen molar-refractivity contribution in [2.24, 2.45) is 5.73 Å². The Morgan fingerprint density at radius 2 is 2.44 bits per heavy atom. The predicted octanol–water partition coefficient (Wildman–Crippen LogP) is 0.750. The lowest BCUT2D eigenvalue weighted by Crippen LogP contribution is -2.55. The highest BCUT2D eigenvalue weighted by Crippen LogP contribution is 2.25. The topological polar surface area (TPSA) is 64.4 Å². The molecule has 1 heterocycles. The average molecular weight is 246 g/mol. The largest absolute Gasteiger partial charge is 0.376 e. The van der Waals surface area contributed by atoms with Crippen LogP contribution in [0.2, 0.25) is 0 Å². The summed E-state index contributed by atoms with van der Waals surface area (Å²) in [5.74, 6) is 0.853. The highest BCUT2D eigenvalue weighted by molar-refractivity contribution is 7.98. The SMILES string of the molecule is CSCC[C@@H](N)C(=O)NC1(C)CCOC1C. The predicted molar refractivity (Wildman–Crippen MR) is 67.6 cm³/mol. The summed E-state index contributed by atoms with van der Waals surface area (Å²) in [6, 6.07) is -0.405. The van der Waals surface area contributed by atoms with Gasteiger partial charge in [-0.2, -0.15) is 11.8 Å². The Balaban J connectivity index is 2.44. The van der Waals surface area contributed by atoms with Gasteiger partial charge in [-0.05, 0) is 38.7 Å². The van der Waals surface area contributed by atoms with E-state index in [1.54, 1.807) is 11.8 Å². The first kappa shape index (κ1) is 13.8. The molecule has 3 N–H and O–H groups in total. The van der Waals surface area contributed by atoms with Gasteiger partial charge < -0.3 is 15.8 Å². The van der Waals surface area contributed by atoms with Crippen molar-refractivity contribution in [2.45, 2.75) is 44.4 Å². The Morgan fingerprint density at radius 3 is 2.94 bits per heavy atom. The van der Waals surface area contributed by atoms with Crippen LogP contribution in [0.3, 0.4) is 0 Å². The molecule has 0 radical (unpaired) electrons. The number of ether oxygens (including phenoxy) is 1. The lowest BCUT2D eigenvalue weighted by Gasteiger charge is -2.30. The fraction of sp³-hybridized carbons (Fsp3) is 0.909. The number of thioether (sulfide) groups is 1. The first-order valence-electron chi connectivity index (χ1n) is 5.68. The monoisotopic (exact) mass is 246 g/mol. The van der Waals surface area contributed by atoms with Crippen molar-refractivity contribution >= 4 is 17.7 Å². The van der Waals surface area contributed by atoms with Crippen LogP contribution < -0.4 is 11.1 Å². The summed E-state index contributed by atoms with van der Waals surface area (Å²) in [5, 5.41) is 3.02. The highest BCUT2D eigenvalue weighted by Gasteiger charge is 2.38. The fourth-order valence-corrected chi connectivity index (χ4v) is 2.24. The summed E-state index contributed by atoms with van der Waals surface area (Å²) in [5.41, 5.74) is 5.56. The maximum Gasteiger partial charge on any atom is 0.237 e. The minimum absolute atomic E-state index is 0.0594. The molecule has 2 unspecified atom stereocenters. The molecule has 0 spiro atoms. The van der Waals surface area contributed by atoms with Crippen molar-refractivity contribution in [3.8, 4) is 0 Å². The molecule has 3 atom stereocenters. The van der Waals surface area contributed by atoms with Gasteiger partial charge in [0.1, 0.15) is 0 Å². The van der Waals surface area contributed by atoms with Gasteiger partial charge in [-0.1, -0.05) is 0 Å². The number of rotatable bonds is 5. The quantitative estimate of drug-likeness (QED) is 0.751. The van der Waals surface area contributed by atoms with Gasteiger partial charge in [0.25, 0.3) is 0 Å². The molecule has 5 heteroatoms. The molecule has 1 fully saturated rings. The zero-order valence-electron chi connectivity index (χ0n) is 10.3. The Labute approximate surface area is 102 Å². The van der Waals surface area contributed by atoms with E-state index in [1.165, 1.54) is 0 Å². The summed E-state index contributed by atoms with van der Waals surface area (Å²) in [6.07, 6.45) is 3.65. The molecular formula is C11H22N2O2S. The Bertz CT molecular complexity index is 250. The minimum atomic E-state index is -0.405. The van der Waals surface area contributed by atoms with Crippen LogP contribution >= 0.6 is 11.8 Å². The van der Waals surface area contributed by atoms with E-state index in [0.29, 0.717) is 6.61 Å². The second kappa shape index (κ2) is 5.89. The molecule has 0 aliphatic carbocycles. The number of nitrogens with two attached hydrogens (primary N) is 1. The van der Waals surface area contributed by atoms with Crippen LogP contribution in [-0.4, -0.2) is 42.2 Å². The van der Waals surface area contributed by atoms with Gasteiger partial charge >= 0.3 is 0 Å². The van der Waals surface area contributed by atoms with Crippen molar-refractivity contribution in [3.63, 3.8) is 0 Å². The molecule has 0 saturated carbocycles. The average Bonchev–Trinajstić information content (AvgIpc) is 2.55. The Morgan fingerprint density at radius 1 is 1.75 bits per heavy atom. The molecule has 0 aromatic carbocycles. The van der Waals surface area contributed by atoms with Crippen molar-refractivity contribution in [1.82, 2.24) is 5.32 Å². The van der Waals surface area contributed by atoms with Gasteiger partial charge in [-0.15, -0.1) is 0 Å². The summed E-state index contributed by atoms with van der Waals surface area (Å²) < 4.78 is 5.47. The van der Waals surface area contributed by atoms with E-state index in [4.69, 9.17) is 10.5 Å². The summed E-state index contributed by atoms with van der Waals surface area (Å²) >= 11 is 1.71. The molecule has 1 aliphatic heterocycles. The van der Waals surface area contributed by atoms with Crippen LogP contribution in [0.25, 0.3) is 0 Å². The minimum Gasteiger partial charge on any atom is -0.376 e. The molecule has 1 aliphatic rings. The molecule has 0 aromatic heterocycles. The Hall–Kier alpha value is -0.260. The number of hydrogen-bond donors (Lipinski definition) is 2. The normalized spacial score (nSPS) is 31.4. The first-order valence-corrected chi connectivity index (χ1v) is 7.07. The van der Waals surface area contributed by atoms with E-state index in [9.17, 15) is 4.79 Å². The van der Waals surface area contributed by atoms with Crippen molar-refractivity contribution < 1.29 is 9.53 Å². The van der Waals surface area contributed by atoms with Gasteiger partial charge in [0.15, 0.2) is 0 Å². The summed E-state index contributed by atoms with van der Waals surface area (Å²) in [6.45, 7) is 4.71. The van der Waals surface area contributed by atoms with E-state index in [1.807, 2.05) is 20.1 Å². The highest BCUT2D eigenvalue weighted by atomic mass is 32.2. The maximum absolute atomic E-state index is 11.9. The molecule has 4 nitrogen and oxygen atoms in total. The van der Waals surface area contributed by atoms with Crippen LogP contribution in [0, 0.1) is 0 Å². The number of nitrogens with one attached hydrogen (secondary N) is 1. The molecule has 94 valence electrons. The fourth-order valence-electron chi connectivity index (χ4n) is 1.75. The maximum atomic E-state index is 11.9. The molecule has 0 aromatic rings. The van der Waals surface area contributed by atoms with Crippen LogP contribution in [0.5, 0.6) is 0 Å². The first-order chi connectivity index (χ1) is 7.49. The van der Waals surface area contributed by atoms with Crippen molar-refractivity contribution in [2.75, 3.05) is 18.6 Å². The number of carbonyl (C=O) groups is 1. The zero-order chi connectivity index (χ0) is 12.2. The second-order valence-corrected chi connectivity index (χ2v) is 5.54. The van der Waals surface area contributed by atoms with Crippen LogP contribution in [-0.2, 0) is 9.53 Å². The number of carbonyl (C=O) groups excluding carboxylic acids is 1. The van der Waals surface area contributed by atoms with Crippen molar-refractivity contribution in [3.05, 3.63) is 0 Å². The van der Waals surface area contributed by atoms with Gasteiger partial charge in [0, 0.05) is 6.61 Å². The second-order valence-electron chi connectivity index (χ2n) is 4.56. The molecule has 1 amide bonds. The van der Waals surface area contributed by atoms with E-state index in [2.05, 4.69) is 5.32 Å². The Kier molecular flexibility index (Phi) is 5.08. The van der Waals surface area contributed by atoms with Gasteiger partial charge in [-0.25, -0.2) is 0 Å². The van der Waals surface area contributed by atoms with Crippen molar-refractivity contribution in [1.29, 1.82) is 0 Å². The van der Waals surface area contributed by atoms with Crippen LogP contribution in [0.1, 0.15) is 26.7 Å². The van der Waals surface area contributed by atoms with Gasteiger partial charge in [0.2, 0.25) is 5.91 Å². The van der Waals surface area contributed by atoms with E-state index in [0.717, 1.165) is 18.6 Å². The molecule has 16 heavy (non-hydrogen) atoms. The molecular weight excluding hydrogens is 224 g/mol. The molecule has 1 saturated heterocycles. The number of amides is 1. The van der Waals surface area contributed by atoms with Crippen LogP contribution in [0.4, 0.5) is 0 Å². The standard InChI is InChI=1S/C11H22N2O2S/c1-8-11(2,5-6-15-8)13-10(14)9(12)4-7-16-3/h8-9H,4-7,12H2,1-3H3,(H,13,14)/t8?,9-,11?/m1/s1. The smallest absolute Gasteiger partial charge is 0.237 e. The van der Waals surface area contributed by atoms with Gasteiger partial charge in [-0.3, -0.25) is 4.79 Å².